The highest BCUT2D eigenvalue weighted by atomic mass is 16.3. The fraction of sp³-hybridized carbons (Fsp3) is 0.585. The Labute approximate surface area is 360 Å². The minimum absolute atomic E-state index is 0.0000301. The highest BCUT2D eigenvalue weighted by molar-refractivity contribution is 5.97. The smallest absolute Gasteiger partial charge is 0.245 e. The van der Waals surface area contributed by atoms with Crippen LogP contribution in [0.25, 0.3) is 10.9 Å². The Morgan fingerprint density at radius 1 is 0.661 bits per heavy atom. The molecule has 0 bridgehead atoms. The van der Waals surface area contributed by atoms with Crippen molar-refractivity contribution in [3.63, 3.8) is 0 Å². The van der Waals surface area contributed by atoms with Crippen LogP contribution >= 0.6 is 0 Å². The van der Waals surface area contributed by atoms with Gasteiger partial charge in [-0.15, -0.1) is 0 Å². The maximum absolute atomic E-state index is 13.6. The van der Waals surface area contributed by atoms with Gasteiger partial charge in [0, 0.05) is 29.9 Å². The number of aliphatic hydroxyl groups excluding tert-OH is 1. The van der Waals surface area contributed by atoms with Crippen LogP contribution in [0.1, 0.15) is 79.7 Å². The summed E-state index contributed by atoms with van der Waals surface area (Å²) in [5, 5.41) is 28.2. The Kier molecular flexibility index (Phi) is 21.0. The Bertz CT molecular complexity index is 1900. The summed E-state index contributed by atoms with van der Waals surface area (Å²) in [4.78, 5) is 119. The van der Waals surface area contributed by atoms with Gasteiger partial charge in [0.1, 0.15) is 36.3 Å². The summed E-state index contributed by atoms with van der Waals surface area (Å²) >= 11 is 0. The van der Waals surface area contributed by atoms with Gasteiger partial charge in [-0.25, -0.2) is 0 Å². The zero-order valence-electron chi connectivity index (χ0n) is 36.5. The number of aromatic nitrogens is 1. The maximum atomic E-state index is 13.6. The molecule has 21 nitrogen and oxygen atoms in total. The first-order valence-corrected chi connectivity index (χ1v) is 20.6. The van der Waals surface area contributed by atoms with Gasteiger partial charge in [-0.1, -0.05) is 59.7 Å². The summed E-state index contributed by atoms with van der Waals surface area (Å²) in [6.45, 7) is 10.4. The summed E-state index contributed by atoms with van der Waals surface area (Å²) in [6, 6.07) is -1.13. The molecule has 9 amide bonds. The van der Waals surface area contributed by atoms with E-state index in [2.05, 4.69) is 42.2 Å². The third-order valence-electron chi connectivity index (χ3n) is 9.73. The van der Waals surface area contributed by atoms with E-state index in [1.807, 2.05) is 52.0 Å². The Hall–Kier alpha value is -6.09. The minimum atomic E-state index is -1.52. The molecule has 7 atom stereocenters. The van der Waals surface area contributed by atoms with Crippen molar-refractivity contribution in [2.24, 2.45) is 35.0 Å². The van der Waals surface area contributed by atoms with Crippen LogP contribution in [0.4, 0.5) is 0 Å². The van der Waals surface area contributed by atoms with Gasteiger partial charge in [-0.2, -0.15) is 0 Å². The van der Waals surface area contributed by atoms with Crippen molar-refractivity contribution in [3.8, 4) is 0 Å². The molecule has 2 aromatic rings. The molecule has 0 aliphatic rings. The van der Waals surface area contributed by atoms with Crippen LogP contribution in [0.15, 0.2) is 30.5 Å². The standard InChI is InChI=1S/C41H65N11O10/c1-20(2)14-28(35(44)56)49-39(60)29(15-21(3)4)51-40(61)31(19-53)48-33(55)18-46-41(62)34(22(5)6)52-36(57)23(7)47-38(59)30(50-37(58)26(42)12-13-32(43)54)16-24-17-45-27-11-9-8-10-25(24)27/h8-11,17,20-23,26,28-31,34,45,53H,12-16,18-19,42H2,1-7H3,(H2,43,54)(H2,44,56)(H,46,62)(H,47,59)(H,48,55)(H,49,60)(H,50,58)(H,51,61)(H,52,57)/t23-,26-,28-,29-,30-,31+,34-/m0/s1. The number of primary amides is 2. The maximum Gasteiger partial charge on any atom is 0.245 e. The van der Waals surface area contributed by atoms with Crippen molar-refractivity contribution in [1.29, 1.82) is 0 Å². The third-order valence-corrected chi connectivity index (χ3v) is 9.73. The number of aromatic amines is 1. The number of nitrogens with one attached hydrogen (secondary N) is 8. The Morgan fingerprint density at radius 2 is 1.23 bits per heavy atom. The second-order valence-electron chi connectivity index (χ2n) is 16.5. The molecular weight excluding hydrogens is 807 g/mol. The number of nitrogens with two attached hydrogens (primary N) is 3. The number of hydrogen-bond acceptors (Lipinski definition) is 11. The third kappa shape index (κ3) is 17.1. The van der Waals surface area contributed by atoms with Gasteiger partial charge in [0.05, 0.1) is 19.2 Å². The van der Waals surface area contributed by atoms with E-state index in [0.29, 0.717) is 5.56 Å². The molecule has 0 radical (unpaired) electrons. The Morgan fingerprint density at radius 3 is 1.81 bits per heavy atom. The monoisotopic (exact) mass is 871 g/mol. The number of aliphatic hydroxyl groups is 1. The van der Waals surface area contributed by atoms with Gasteiger partial charge in [0.25, 0.3) is 0 Å². The number of carbonyl (C=O) groups is 9. The van der Waals surface area contributed by atoms with E-state index in [9.17, 15) is 48.3 Å². The number of carbonyl (C=O) groups excluding carboxylic acids is 9. The van der Waals surface area contributed by atoms with Gasteiger partial charge in [0.15, 0.2) is 0 Å². The van der Waals surface area contributed by atoms with E-state index in [0.717, 1.165) is 10.9 Å². The largest absolute Gasteiger partial charge is 0.394 e. The Balaban J connectivity index is 2.08. The molecule has 0 unspecified atom stereocenters. The van der Waals surface area contributed by atoms with E-state index >= 15 is 0 Å². The van der Waals surface area contributed by atoms with E-state index in [-0.39, 0.29) is 43.9 Å². The summed E-state index contributed by atoms with van der Waals surface area (Å²) < 4.78 is 0. The fourth-order valence-electron chi connectivity index (χ4n) is 6.31. The molecule has 0 saturated heterocycles. The highest BCUT2D eigenvalue weighted by Gasteiger charge is 2.32. The van der Waals surface area contributed by atoms with Crippen LogP contribution < -0.4 is 54.4 Å². The second-order valence-corrected chi connectivity index (χ2v) is 16.5. The number of hydrogen-bond donors (Lipinski definition) is 12. The van der Waals surface area contributed by atoms with Gasteiger partial charge >= 0.3 is 0 Å². The van der Waals surface area contributed by atoms with Crippen LogP contribution in [0.3, 0.4) is 0 Å². The lowest BCUT2D eigenvalue weighted by molar-refractivity contribution is -0.135. The summed E-state index contributed by atoms with van der Waals surface area (Å²) in [5.74, 6) is -7.41. The number of rotatable bonds is 26. The molecule has 15 N–H and O–H groups in total. The van der Waals surface area contributed by atoms with Crippen molar-refractivity contribution in [1.82, 2.24) is 42.2 Å². The summed E-state index contributed by atoms with van der Waals surface area (Å²) in [5.41, 5.74) is 18.1. The number of H-pyrrole nitrogens is 1. The second kappa shape index (κ2) is 25.0. The lowest BCUT2D eigenvalue weighted by Crippen LogP contribution is -2.59. The number of para-hydroxylation sites is 1. The molecule has 0 fully saturated rings. The molecule has 2 rings (SSSR count). The van der Waals surface area contributed by atoms with Crippen molar-refractivity contribution < 1.29 is 48.3 Å². The van der Waals surface area contributed by atoms with Crippen molar-refractivity contribution in [2.45, 2.75) is 123 Å². The first-order valence-electron chi connectivity index (χ1n) is 20.6. The SMILES string of the molecule is CC(C)C[C@H](NC(=O)[C@H](CC(C)C)NC(=O)[C@@H](CO)NC(=O)CNC(=O)[C@@H](NC(=O)[C@H](C)NC(=O)[C@H](Cc1c[nH]c2ccccc12)NC(=O)[C@@H](N)CCC(N)=O)C(C)C)C(N)=O. The van der Waals surface area contributed by atoms with Crippen LogP contribution in [0, 0.1) is 17.8 Å². The van der Waals surface area contributed by atoms with Crippen LogP contribution in [-0.4, -0.2) is 119 Å². The molecule has 62 heavy (non-hydrogen) atoms. The van der Waals surface area contributed by atoms with Gasteiger partial charge in [-0.3, -0.25) is 43.2 Å². The molecule has 21 heteroatoms. The topological polar surface area (TPSA) is 352 Å². The number of fused-ring (bicyclic) bond motifs is 1. The molecule has 0 aliphatic carbocycles. The lowest BCUT2D eigenvalue weighted by atomic mass is 10.00. The molecule has 1 aromatic heterocycles. The first kappa shape index (κ1) is 52.0. The van der Waals surface area contributed by atoms with Crippen molar-refractivity contribution in [3.05, 3.63) is 36.0 Å². The van der Waals surface area contributed by atoms with E-state index in [4.69, 9.17) is 17.2 Å². The normalized spacial score (nSPS) is 14.7. The lowest BCUT2D eigenvalue weighted by Gasteiger charge is -2.26. The molecule has 0 aliphatic heterocycles. The first-order chi connectivity index (χ1) is 29.0. The predicted octanol–water partition coefficient (Wildman–Crippen LogP) is -2.43. The van der Waals surface area contributed by atoms with Crippen LogP contribution in [-0.2, 0) is 49.6 Å². The van der Waals surface area contributed by atoms with Gasteiger partial charge < -0.3 is 64.5 Å². The van der Waals surface area contributed by atoms with Gasteiger partial charge in [-0.05, 0) is 55.6 Å². The van der Waals surface area contributed by atoms with Crippen LogP contribution in [0.2, 0.25) is 0 Å². The molecule has 344 valence electrons. The highest BCUT2D eigenvalue weighted by Crippen LogP contribution is 2.19. The van der Waals surface area contributed by atoms with E-state index in [1.165, 1.54) is 6.92 Å². The summed E-state index contributed by atoms with van der Waals surface area (Å²) in [7, 11) is 0. The quantitative estimate of drug-likeness (QED) is 0.0472. The zero-order valence-corrected chi connectivity index (χ0v) is 36.5. The fourth-order valence-corrected chi connectivity index (χ4v) is 6.31. The zero-order chi connectivity index (χ0) is 46.8. The van der Waals surface area contributed by atoms with Crippen molar-refractivity contribution >= 4 is 64.1 Å². The minimum Gasteiger partial charge on any atom is -0.394 e. The van der Waals surface area contributed by atoms with Gasteiger partial charge in [0.2, 0.25) is 53.2 Å². The average molecular weight is 872 g/mol. The summed E-state index contributed by atoms with van der Waals surface area (Å²) in [6.07, 6.45) is 1.91. The van der Waals surface area contributed by atoms with Crippen molar-refractivity contribution in [2.75, 3.05) is 13.2 Å². The molecule has 0 saturated carbocycles. The molecule has 1 aromatic carbocycles. The van der Waals surface area contributed by atoms with Crippen LogP contribution in [0.5, 0.6) is 0 Å². The molecular formula is C41H65N11O10. The van der Waals surface area contributed by atoms with E-state index < -0.39 is 115 Å². The van der Waals surface area contributed by atoms with E-state index in [1.54, 1.807) is 20.0 Å². The molecule has 0 spiro atoms. The predicted molar refractivity (Wildman–Crippen MR) is 229 cm³/mol. The average Bonchev–Trinajstić information content (AvgIpc) is 3.60. The number of amides is 9. The number of benzene rings is 1. The molecule has 1 heterocycles.